The van der Waals surface area contributed by atoms with E-state index < -0.39 is 23.5 Å². The second-order valence-corrected chi connectivity index (χ2v) is 4.73. The van der Waals surface area contributed by atoms with Gasteiger partial charge in [0.25, 0.3) is 0 Å². The number of aliphatic hydroxyl groups excluding tert-OH is 3. The minimum absolute atomic E-state index is 0.00960. The molecule has 6 nitrogen and oxygen atoms in total. The highest BCUT2D eigenvalue weighted by Gasteiger charge is 2.32. The van der Waals surface area contributed by atoms with Crippen LogP contribution < -0.4 is 5.32 Å². The van der Waals surface area contributed by atoms with Gasteiger partial charge >= 0.3 is 0 Å². The van der Waals surface area contributed by atoms with Crippen molar-refractivity contribution in [2.24, 2.45) is 5.41 Å². The number of hydrogen-bond acceptors (Lipinski definition) is 5. The molecule has 0 radical (unpaired) electrons. The molecule has 6 heteroatoms. The smallest absolute Gasteiger partial charge is 0.249 e. The van der Waals surface area contributed by atoms with Gasteiger partial charge in [-0.3, -0.25) is 9.59 Å². The van der Waals surface area contributed by atoms with Crippen molar-refractivity contribution in [3.63, 3.8) is 0 Å². The highest BCUT2D eigenvalue weighted by atomic mass is 16.3. The van der Waals surface area contributed by atoms with Crippen LogP contribution in [0.4, 0.5) is 0 Å². The lowest BCUT2D eigenvalue weighted by Gasteiger charge is -2.27. The van der Waals surface area contributed by atoms with Gasteiger partial charge in [-0.25, -0.2) is 0 Å². The molecule has 0 aromatic heterocycles. The molecule has 2 atom stereocenters. The van der Waals surface area contributed by atoms with E-state index in [1.807, 2.05) is 0 Å². The molecular weight excluding hydrogens is 226 g/mol. The molecule has 1 amide bonds. The average molecular weight is 247 g/mol. The van der Waals surface area contributed by atoms with Crippen molar-refractivity contribution >= 4 is 11.7 Å². The SMILES string of the molecule is CC(O)C(=O)CCNC(=O)[C@H](O)C(C)(C)CO. The van der Waals surface area contributed by atoms with Crippen molar-refractivity contribution < 1.29 is 24.9 Å². The van der Waals surface area contributed by atoms with Crippen LogP contribution >= 0.6 is 0 Å². The zero-order valence-corrected chi connectivity index (χ0v) is 10.4. The van der Waals surface area contributed by atoms with Crippen LogP contribution in [0.3, 0.4) is 0 Å². The summed E-state index contributed by atoms with van der Waals surface area (Å²) in [5.74, 6) is -1.01. The second kappa shape index (κ2) is 6.68. The Labute approximate surface area is 101 Å². The molecule has 0 aliphatic carbocycles. The number of carbonyl (C=O) groups is 2. The Morgan fingerprint density at radius 1 is 1.29 bits per heavy atom. The fourth-order valence-corrected chi connectivity index (χ4v) is 1.06. The zero-order valence-electron chi connectivity index (χ0n) is 10.4. The maximum atomic E-state index is 11.5. The van der Waals surface area contributed by atoms with Gasteiger partial charge in [0, 0.05) is 18.4 Å². The first-order valence-corrected chi connectivity index (χ1v) is 5.49. The summed E-state index contributed by atoms with van der Waals surface area (Å²) in [4.78, 5) is 22.5. The summed E-state index contributed by atoms with van der Waals surface area (Å²) >= 11 is 0. The van der Waals surface area contributed by atoms with Crippen LogP contribution in [-0.4, -0.2) is 52.4 Å². The molecule has 0 fully saturated rings. The third kappa shape index (κ3) is 5.25. The van der Waals surface area contributed by atoms with Gasteiger partial charge in [-0.1, -0.05) is 13.8 Å². The maximum absolute atomic E-state index is 11.5. The maximum Gasteiger partial charge on any atom is 0.249 e. The Kier molecular flexibility index (Phi) is 6.30. The Balaban J connectivity index is 4.07. The van der Waals surface area contributed by atoms with E-state index in [0.29, 0.717) is 0 Å². The van der Waals surface area contributed by atoms with Crippen LogP contribution in [0.15, 0.2) is 0 Å². The molecule has 4 N–H and O–H groups in total. The first-order valence-electron chi connectivity index (χ1n) is 5.49. The van der Waals surface area contributed by atoms with Crippen LogP contribution in [0.1, 0.15) is 27.2 Å². The van der Waals surface area contributed by atoms with Gasteiger partial charge in [-0.05, 0) is 6.92 Å². The molecule has 100 valence electrons. The van der Waals surface area contributed by atoms with E-state index in [1.165, 1.54) is 6.92 Å². The Hall–Kier alpha value is -0.980. The quantitative estimate of drug-likeness (QED) is 0.453. The topological polar surface area (TPSA) is 107 Å². The Morgan fingerprint density at radius 2 is 1.82 bits per heavy atom. The van der Waals surface area contributed by atoms with Crippen molar-refractivity contribution in [2.75, 3.05) is 13.2 Å². The minimum atomic E-state index is -1.34. The number of Topliss-reactive ketones (excluding diaryl/α,β-unsaturated/α-hetero) is 1. The van der Waals surface area contributed by atoms with Gasteiger partial charge in [0.2, 0.25) is 5.91 Å². The molecule has 0 aromatic rings. The normalized spacial score (nSPS) is 15.2. The van der Waals surface area contributed by atoms with Gasteiger partial charge in [0.15, 0.2) is 5.78 Å². The van der Waals surface area contributed by atoms with E-state index >= 15 is 0 Å². The van der Waals surface area contributed by atoms with Crippen LogP contribution in [0.5, 0.6) is 0 Å². The summed E-state index contributed by atoms with van der Waals surface area (Å²) in [6, 6.07) is 0. The molecule has 0 heterocycles. The lowest BCUT2D eigenvalue weighted by atomic mass is 9.87. The van der Waals surface area contributed by atoms with Gasteiger partial charge in [-0.15, -0.1) is 0 Å². The summed E-state index contributed by atoms with van der Waals surface area (Å²) in [6.45, 7) is 4.19. The summed E-state index contributed by atoms with van der Waals surface area (Å²) < 4.78 is 0. The molecule has 0 spiro atoms. The number of hydrogen-bond donors (Lipinski definition) is 4. The van der Waals surface area contributed by atoms with Gasteiger partial charge < -0.3 is 20.6 Å². The predicted molar refractivity (Wildman–Crippen MR) is 61.2 cm³/mol. The second-order valence-electron chi connectivity index (χ2n) is 4.73. The Morgan fingerprint density at radius 3 is 2.24 bits per heavy atom. The van der Waals surface area contributed by atoms with Crippen molar-refractivity contribution in [3.05, 3.63) is 0 Å². The van der Waals surface area contributed by atoms with Crippen molar-refractivity contribution in [1.29, 1.82) is 0 Å². The lowest BCUT2D eigenvalue weighted by Crippen LogP contribution is -2.46. The monoisotopic (exact) mass is 247 g/mol. The fraction of sp³-hybridized carbons (Fsp3) is 0.818. The molecule has 0 aliphatic rings. The van der Waals surface area contributed by atoms with E-state index in [9.17, 15) is 14.7 Å². The van der Waals surface area contributed by atoms with Gasteiger partial charge in [0.05, 0.1) is 6.61 Å². The molecule has 0 aromatic carbocycles. The molecule has 0 bridgehead atoms. The van der Waals surface area contributed by atoms with Crippen LogP contribution in [0.2, 0.25) is 0 Å². The van der Waals surface area contributed by atoms with E-state index in [2.05, 4.69) is 5.32 Å². The third-order valence-electron chi connectivity index (χ3n) is 2.53. The summed E-state index contributed by atoms with van der Waals surface area (Å²) in [5, 5.41) is 29.9. The molecule has 0 saturated heterocycles. The van der Waals surface area contributed by atoms with E-state index in [-0.39, 0.29) is 25.4 Å². The summed E-state index contributed by atoms with van der Waals surface area (Å²) in [6.07, 6.45) is -2.38. The molecule has 0 rings (SSSR count). The predicted octanol–water partition coefficient (Wildman–Crippen LogP) is -1.18. The van der Waals surface area contributed by atoms with E-state index in [4.69, 9.17) is 10.2 Å². The number of aliphatic hydroxyl groups is 3. The standard InChI is InChI=1S/C11H21NO5/c1-7(14)8(15)4-5-12-10(17)9(16)11(2,3)6-13/h7,9,13-14,16H,4-6H2,1-3H3,(H,12,17)/t7?,9-/m0/s1. The first-order chi connectivity index (χ1) is 7.72. The largest absolute Gasteiger partial charge is 0.396 e. The first kappa shape index (κ1) is 16.0. The summed E-state index contributed by atoms with van der Waals surface area (Å²) in [7, 11) is 0. The highest BCUT2D eigenvalue weighted by molar-refractivity contribution is 5.84. The third-order valence-corrected chi connectivity index (χ3v) is 2.53. The number of carbonyl (C=O) groups excluding carboxylic acids is 2. The van der Waals surface area contributed by atoms with Crippen molar-refractivity contribution in [2.45, 2.75) is 39.4 Å². The Bertz CT molecular complexity index is 275. The average Bonchev–Trinajstić information content (AvgIpc) is 2.27. The zero-order chi connectivity index (χ0) is 13.6. The van der Waals surface area contributed by atoms with Crippen LogP contribution in [0, 0.1) is 5.41 Å². The van der Waals surface area contributed by atoms with E-state index in [1.54, 1.807) is 13.8 Å². The van der Waals surface area contributed by atoms with Crippen molar-refractivity contribution in [1.82, 2.24) is 5.32 Å². The molecule has 17 heavy (non-hydrogen) atoms. The number of nitrogens with one attached hydrogen (secondary N) is 1. The lowest BCUT2D eigenvalue weighted by molar-refractivity contribution is -0.137. The highest BCUT2D eigenvalue weighted by Crippen LogP contribution is 2.19. The van der Waals surface area contributed by atoms with Gasteiger partial charge in [0.1, 0.15) is 12.2 Å². The number of ketones is 1. The van der Waals surface area contributed by atoms with Crippen LogP contribution in [0.25, 0.3) is 0 Å². The van der Waals surface area contributed by atoms with E-state index in [0.717, 1.165) is 0 Å². The fourth-order valence-electron chi connectivity index (χ4n) is 1.06. The van der Waals surface area contributed by atoms with Gasteiger partial charge in [-0.2, -0.15) is 0 Å². The molecule has 1 unspecified atom stereocenters. The molecule has 0 aliphatic heterocycles. The van der Waals surface area contributed by atoms with Crippen molar-refractivity contribution in [3.8, 4) is 0 Å². The number of rotatable bonds is 7. The molecule has 0 saturated carbocycles. The minimum Gasteiger partial charge on any atom is -0.396 e. The number of amides is 1. The summed E-state index contributed by atoms with van der Waals surface area (Å²) in [5.41, 5.74) is -0.932. The molecular formula is C11H21NO5. The van der Waals surface area contributed by atoms with Crippen LogP contribution in [-0.2, 0) is 9.59 Å².